The van der Waals surface area contributed by atoms with E-state index in [4.69, 9.17) is 5.73 Å². The Balaban J connectivity index is 2.26. The minimum absolute atomic E-state index is 0.272. The number of nitrogens with zero attached hydrogens (tertiary/aromatic N) is 1. The van der Waals surface area contributed by atoms with Crippen LogP contribution in [0.15, 0.2) is 42.7 Å². The van der Waals surface area contributed by atoms with Gasteiger partial charge in [-0.05, 0) is 23.1 Å². The monoisotopic (exact) mass is 212 g/mol. The molecule has 2 aromatic rings. The predicted molar refractivity (Wildman–Crippen MR) is 64.6 cm³/mol. The van der Waals surface area contributed by atoms with Crippen molar-refractivity contribution in [3.8, 4) is 0 Å². The van der Waals surface area contributed by atoms with Crippen LogP contribution in [0.5, 0.6) is 0 Å². The molecule has 2 rings (SSSR count). The van der Waals surface area contributed by atoms with Gasteiger partial charge in [0.2, 0.25) is 5.91 Å². The summed E-state index contributed by atoms with van der Waals surface area (Å²) >= 11 is 0. The Morgan fingerprint density at radius 2 is 2.19 bits per heavy atom. The van der Waals surface area contributed by atoms with E-state index in [2.05, 4.69) is 11.1 Å². The van der Waals surface area contributed by atoms with Gasteiger partial charge >= 0.3 is 0 Å². The van der Waals surface area contributed by atoms with Gasteiger partial charge in [0.1, 0.15) is 0 Å². The summed E-state index contributed by atoms with van der Waals surface area (Å²) in [6, 6.07) is 8.00. The van der Waals surface area contributed by atoms with Crippen LogP contribution >= 0.6 is 0 Å². The van der Waals surface area contributed by atoms with Gasteiger partial charge < -0.3 is 5.73 Å². The number of nitrogens with two attached hydrogens (primary N) is 1. The summed E-state index contributed by atoms with van der Waals surface area (Å²) < 4.78 is 0. The number of pyridine rings is 1. The minimum Gasteiger partial charge on any atom is -0.369 e. The molecule has 16 heavy (non-hydrogen) atoms. The Morgan fingerprint density at radius 1 is 1.31 bits per heavy atom. The lowest BCUT2D eigenvalue weighted by Gasteiger charge is -1.98. The minimum atomic E-state index is -0.318. The molecule has 0 spiro atoms. The van der Waals surface area contributed by atoms with Crippen LogP contribution in [0.25, 0.3) is 16.8 Å². The van der Waals surface area contributed by atoms with Crippen LogP contribution < -0.4 is 5.73 Å². The zero-order valence-electron chi connectivity index (χ0n) is 8.76. The van der Waals surface area contributed by atoms with Crippen molar-refractivity contribution in [1.82, 2.24) is 4.98 Å². The first-order chi connectivity index (χ1) is 7.75. The molecule has 0 atom stereocenters. The van der Waals surface area contributed by atoms with Crippen LogP contribution in [0.2, 0.25) is 0 Å². The van der Waals surface area contributed by atoms with Crippen molar-refractivity contribution in [1.29, 1.82) is 0 Å². The van der Waals surface area contributed by atoms with E-state index in [0.717, 1.165) is 16.3 Å². The summed E-state index contributed by atoms with van der Waals surface area (Å²) in [7, 11) is 0. The van der Waals surface area contributed by atoms with E-state index in [9.17, 15) is 4.79 Å². The molecule has 1 amide bonds. The first-order valence-corrected chi connectivity index (χ1v) is 5.04. The molecule has 3 nitrogen and oxygen atoms in total. The summed E-state index contributed by atoms with van der Waals surface area (Å²) in [5.74, 6) is -0.318. The molecule has 0 saturated heterocycles. The Labute approximate surface area is 93.6 Å². The Kier molecular flexibility index (Phi) is 2.96. The van der Waals surface area contributed by atoms with Gasteiger partial charge in [-0.1, -0.05) is 24.3 Å². The number of fused-ring (bicyclic) bond motifs is 1. The van der Waals surface area contributed by atoms with Gasteiger partial charge in [-0.2, -0.15) is 0 Å². The SMILES string of the molecule is NC(=O)CC=Cc1ccc2cnccc2c1. The summed E-state index contributed by atoms with van der Waals surface area (Å²) in [6.45, 7) is 0. The van der Waals surface area contributed by atoms with Gasteiger partial charge in [0.15, 0.2) is 0 Å². The molecule has 3 heteroatoms. The highest BCUT2D eigenvalue weighted by molar-refractivity contribution is 5.84. The van der Waals surface area contributed by atoms with E-state index in [1.807, 2.05) is 30.5 Å². The average molecular weight is 212 g/mol. The largest absolute Gasteiger partial charge is 0.369 e. The van der Waals surface area contributed by atoms with Crippen LogP contribution in [-0.4, -0.2) is 10.9 Å². The van der Waals surface area contributed by atoms with Gasteiger partial charge in [0.05, 0.1) is 0 Å². The molecular formula is C13H12N2O. The molecule has 0 aliphatic heterocycles. The lowest BCUT2D eigenvalue weighted by Crippen LogP contribution is -2.07. The van der Waals surface area contributed by atoms with Crippen LogP contribution in [0, 0.1) is 0 Å². The number of rotatable bonds is 3. The fourth-order valence-electron chi connectivity index (χ4n) is 1.52. The van der Waals surface area contributed by atoms with Crippen molar-refractivity contribution in [3.05, 3.63) is 48.3 Å². The molecule has 0 saturated carbocycles. The van der Waals surface area contributed by atoms with E-state index in [1.165, 1.54) is 0 Å². The number of benzene rings is 1. The second-order valence-corrected chi connectivity index (χ2v) is 3.56. The van der Waals surface area contributed by atoms with Gasteiger partial charge in [0, 0.05) is 24.2 Å². The normalized spacial score (nSPS) is 11.0. The smallest absolute Gasteiger partial charge is 0.221 e. The maximum atomic E-state index is 10.6. The molecule has 0 fully saturated rings. The Morgan fingerprint density at radius 3 is 3.00 bits per heavy atom. The predicted octanol–water partition coefficient (Wildman–Crippen LogP) is 2.12. The molecule has 0 aliphatic rings. The van der Waals surface area contributed by atoms with Crippen LogP contribution in [-0.2, 0) is 4.79 Å². The van der Waals surface area contributed by atoms with Gasteiger partial charge in [0.25, 0.3) is 0 Å². The number of primary amides is 1. The maximum Gasteiger partial charge on any atom is 0.221 e. The zero-order valence-corrected chi connectivity index (χ0v) is 8.76. The zero-order chi connectivity index (χ0) is 11.4. The van der Waals surface area contributed by atoms with Crippen LogP contribution in [0.3, 0.4) is 0 Å². The highest BCUT2D eigenvalue weighted by Crippen LogP contribution is 2.15. The molecule has 0 aliphatic carbocycles. The maximum absolute atomic E-state index is 10.6. The van der Waals surface area contributed by atoms with Crippen molar-refractivity contribution in [3.63, 3.8) is 0 Å². The van der Waals surface area contributed by atoms with Crippen molar-refractivity contribution >= 4 is 22.8 Å². The second kappa shape index (κ2) is 4.57. The van der Waals surface area contributed by atoms with E-state index in [0.29, 0.717) is 0 Å². The molecule has 0 radical (unpaired) electrons. The number of hydrogen-bond donors (Lipinski definition) is 1. The van der Waals surface area contributed by atoms with Crippen molar-refractivity contribution in [2.75, 3.05) is 0 Å². The van der Waals surface area contributed by atoms with Gasteiger partial charge in [-0.25, -0.2) is 0 Å². The van der Waals surface area contributed by atoms with E-state index in [1.54, 1.807) is 12.3 Å². The summed E-state index contributed by atoms with van der Waals surface area (Å²) in [4.78, 5) is 14.6. The third kappa shape index (κ3) is 2.45. The number of amides is 1. The highest BCUT2D eigenvalue weighted by Gasteiger charge is 1.93. The molecule has 80 valence electrons. The molecule has 0 bridgehead atoms. The number of aromatic nitrogens is 1. The number of carbonyl (C=O) groups is 1. The number of carbonyl (C=O) groups excluding carboxylic acids is 1. The van der Waals surface area contributed by atoms with Crippen LogP contribution in [0.4, 0.5) is 0 Å². The van der Waals surface area contributed by atoms with Gasteiger partial charge in [-0.15, -0.1) is 0 Å². The summed E-state index contributed by atoms with van der Waals surface area (Å²) in [5.41, 5.74) is 6.10. The first kappa shape index (κ1) is 10.4. The summed E-state index contributed by atoms with van der Waals surface area (Å²) in [5, 5.41) is 2.24. The molecular weight excluding hydrogens is 200 g/mol. The molecule has 1 aromatic carbocycles. The molecule has 2 N–H and O–H groups in total. The van der Waals surface area contributed by atoms with E-state index >= 15 is 0 Å². The third-order valence-electron chi connectivity index (χ3n) is 2.29. The van der Waals surface area contributed by atoms with Gasteiger partial charge in [-0.3, -0.25) is 9.78 Å². The average Bonchev–Trinajstić information content (AvgIpc) is 2.28. The third-order valence-corrected chi connectivity index (χ3v) is 2.29. The van der Waals surface area contributed by atoms with E-state index in [-0.39, 0.29) is 12.3 Å². The lowest BCUT2D eigenvalue weighted by atomic mass is 10.1. The fraction of sp³-hybridized carbons (Fsp3) is 0.0769. The topological polar surface area (TPSA) is 56.0 Å². The molecule has 1 heterocycles. The Hall–Kier alpha value is -2.16. The highest BCUT2D eigenvalue weighted by atomic mass is 16.1. The standard InChI is InChI=1S/C13H12N2O/c14-13(16)3-1-2-10-4-5-12-9-15-7-6-11(12)8-10/h1-2,4-9H,3H2,(H2,14,16). The summed E-state index contributed by atoms with van der Waals surface area (Å²) in [6.07, 6.45) is 7.52. The van der Waals surface area contributed by atoms with E-state index < -0.39 is 0 Å². The first-order valence-electron chi connectivity index (χ1n) is 5.04. The van der Waals surface area contributed by atoms with Crippen molar-refractivity contribution < 1.29 is 4.79 Å². The molecule has 0 unspecified atom stereocenters. The van der Waals surface area contributed by atoms with Crippen molar-refractivity contribution in [2.24, 2.45) is 5.73 Å². The number of hydrogen-bond acceptors (Lipinski definition) is 2. The fourth-order valence-corrected chi connectivity index (χ4v) is 1.52. The second-order valence-electron chi connectivity index (χ2n) is 3.56. The quantitative estimate of drug-likeness (QED) is 0.847. The molecule has 1 aromatic heterocycles. The van der Waals surface area contributed by atoms with Crippen LogP contribution in [0.1, 0.15) is 12.0 Å². The van der Waals surface area contributed by atoms with Crippen molar-refractivity contribution in [2.45, 2.75) is 6.42 Å². The Bertz CT molecular complexity index is 546. The lowest BCUT2D eigenvalue weighted by molar-refractivity contribution is -0.117.